The van der Waals surface area contributed by atoms with Gasteiger partial charge in [0, 0.05) is 25.7 Å². The number of rotatable bonds is 8. The van der Waals surface area contributed by atoms with Gasteiger partial charge in [-0.2, -0.15) is 0 Å². The Morgan fingerprint density at radius 3 is 2.14 bits per heavy atom. The zero-order valence-electron chi connectivity index (χ0n) is 10.5. The van der Waals surface area contributed by atoms with Crippen LogP contribution >= 0.6 is 0 Å². The van der Waals surface area contributed by atoms with Crippen molar-refractivity contribution in [2.24, 2.45) is 0 Å². The van der Waals surface area contributed by atoms with Gasteiger partial charge >= 0.3 is 0 Å². The molecule has 0 spiro atoms. The van der Waals surface area contributed by atoms with Gasteiger partial charge in [-0.05, 0) is 34.1 Å². The van der Waals surface area contributed by atoms with E-state index in [-0.39, 0.29) is 0 Å². The van der Waals surface area contributed by atoms with Gasteiger partial charge in [-0.1, -0.05) is 13.8 Å². The molecule has 0 bridgehead atoms. The van der Waals surface area contributed by atoms with Crippen molar-refractivity contribution in [1.82, 2.24) is 15.1 Å². The Morgan fingerprint density at radius 2 is 1.71 bits per heavy atom. The van der Waals surface area contributed by atoms with Gasteiger partial charge in [-0.3, -0.25) is 0 Å². The second kappa shape index (κ2) is 8.21. The van der Waals surface area contributed by atoms with Crippen LogP contribution in [0.4, 0.5) is 0 Å². The number of hydrogen-bond acceptors (Lipinski definition) is 3. The third-order valence-corrected chi connectivity index (χ3v) is 2.62. The maximum atomic E-state index is 3.41. The van der Waals surface area contributed by atoms with Gasteiger partial charge in [0.15, 0.2) is 0 Å². The van der Waals surface area contributed by atoms with E-state index in [1.807, 2.05) is 0 Å². The lowest BCUT2D eigenvalue weighted by molar-refractivity contribution is 0.208. The average molecular weight is 201 g/mol. The Kier molecular flexibility index (Phi) is 8.14. The van der Waals surface area contributed by atoms with Crippen LogP contribution < -0.4 is 5.32 Å². The Morgan fingerprint density at radius 1 is 1.07 bits per heavy atom. The largest absolute Gasteiger partial charge is 0.315 e. The molecule has 0 amide bonds. The molecular formula is C11H27N3. The highest BCUT2D eigenvalue weighted by molar-refractivity contribution is 4.70. The highest BCUT2D eigenvalue weighted by atomic mass is 15.2. The molecule has 1 N–H and O–H groups in total. The summed E-state index contributed by atoms with van der Waals surface area (Å²) < 4.78 is 0. The summed E-state index contributed by atoms with van der Waals surface area (Å²) in [5.74, 6) is 0. The maximum absolute atomic E-state index is 3.41. The molecule has 0 aromatic rings. The van der Waals surface area contributed by atoms with Crippen LogP contribution in [0, 0.1) is 0 Å². The van der Waals surface area contributed by atoms with E-state index in [9.17, 15) is 0 Å². The minimum atomic E-state index is 0.676. The molecule has 0 saturated carbocycles. The van der Waals surface area contributed by atoms with Gasteiger partial charge < -0.3 is 15.1 Å². The summed E-state index contributed by atoms with van der Waals surface area (Å²) >= 11 is 0. The predicted molar refractivity (Wildman–Crippen MR) is 63.8 cm³/mol. The van der Waals surface area contributed by atoms with Gasteiger partial charge in [-0.15, -0.1) is 0 Å². The Hall–Kier alpha value is -0.120. The van der Waals surface area contributed by atoms with Crippen LogP contribution in [0.2, 0.25) is 0 Å². The topological polar surface area (TPSA) is 18.5 Å². The summed E-state index contributed by atoms with van der Waals surface area (Å²) in [6.45, 7) is 8.88. The fourth-order valence-electron chi connectivity index (χ4n) is 1.46. The molecule has 0 aliphatic carbocycles. The average Bonchev–Trinajstić information content (AvgIpc) is 2.16. The zero-order chi connectivity index (χ0) is 11.0. The normalized spacial score (nSPS) is 13.9. The van der Waals surface area contributed by atoms with Gasteiger partial charge in [-0.25, -0.2) is 0 Å². The molecule has 0 rings (SSSR count). The third-order valence-electron chi connectivity index (χ3n) is 2.62. The molecular weight excluding hydrogens is 174 g/mol. The molecule has 3 heteroatoms. The summed E-state index contributed by atoms with van der Waals surface area (Å²) in [5, 5.41) is 3.41. The first-order chi connectivity index (χ1) is 6.61. The standard InChI is InChI=1S/C11H27N3/c1-6-11(10-12-7-2)14(5)9-8-13(3)4/h11-12H,6-10H2,1-5H3. The zero-order valence-corrected chi connectivity index (χ0v) is 10.5. The maximum Gasteiger partial charge on any atom is 0.0215 e. The Bertz CT molecular complexity index is 126. The summed E-state index contributed by atoms with van der Waals surface area (Å²) in [6, 6.07) is 0.676. The number of hydrogen-bond donors (Lipinski definition) is 1. The van der Waals surface area contributed by atoms with E-state index in [4.69, 9.17) is 0 Å². The fourth-order valence-corrected chi connectivity index (χ4v) is 1.46. The van der Waals surface area contributed by atoms with Crippen molar-refractivity contribution in [3.63, 3.8) is 0 Å². The van der Waals surface area contributed by atoms with E-state index < -0.39 is 0 Å². The van der Waals surface area contributed by atoms with Crippen molar-refractivity contribution in [2.75, 3.05) is 47.3 Å². The molecule has 1 atom stereocenters. The molecule has 0 fully saturated rings. The molecule has 0 saturated heterocycles. The second-order valence-electron chi connectivity index (χ2n) is 4.15. The Balaban J connectivity index is 3.72. The monoisotopic (exact) mass is 201 g/mol. The molecule has 0 aliphatic heterocycles. The van der Waals surface area contributed by atoms with Gasteiger partial charge in [0.1, 0.15) is 0 Å². The van der Waals surface area contributed by atoms with Crippen LogP contribution in [0.25, 0.3) is 0 Å². The summed E-state index contributed by atoms with van der Waals surface area (Å²) in [6.07, 6.45) is 1.22. The van der Waals surface area contributed by atoms with Gasteiger partial charge in [0.2, 0.25) is 0 Å². The van der Waals surface area contributed by atoms with Crippen LogP contribution in [-0.4, -0.2) is 63.2 Å². The molecule has 1 unspecified atom stereocenters. The van der Waals surface area contributed by atoms with Crippen molar-refractivity contribution in [3.8, 4) is 0 Å². The lowest BCUT2D eigenvalue weighted by Gasteiger charge is -2.28. The van der Waals surface area contributed by atoms with Crippen LogP contribution in [-0.2, 0) is 0 Å². The van der Waals surface area contributed by atoms with Crippen LogP contribution in [0.5, 0.6) is 0 Å². The lowest BCUT2D eigenvalue weighted by Crippen LogP contribution is -2.42. The van der Waals surface area contributed by atoms with Crippen molar-refractivity contribution in [3.05, 3.63) is 0 Å². The highest BCUT2D eigenvalue weighted by Crippen LogP contribution is 1.99. The molecule has 0 aromatic carbocycles. The van der Waals surface area contributed by atoms with E-state index in [0.717, 1.165) is 26.2 Å². The van der Waals surface area contributed by atoms with Gasteiger partial charge in [0.05, 0.1) is 0 Å². The smallest absolute Gasteiger partial charge is 0.0215 e. The number of nitrogens with one attached hydrogen (secondary N) is 1. The fraction of sp³-hybridized carbons (Fsp3) is 1.00. The van der Waals surface area contributed by atoms with Crippen molar-refractivity contribution >= 4 is 0 Å². The minimum Gasteiger partial charge on any atom is -0.315 e. The second-order valence-corrected chi connectivity index (χ2v) is 4.15. The molecule has 3 nitrogen and oxygen atoms in total. The Labute approximate surface area is 89.5 Å². The first kappa shape index (κ1) is 13.9. The first-order valence-corrected chi connectivity index (χ1v) is 5.67. The molecule has 14 heavy (non-hydrogen) atoms. The molecule has 86 valence electrons. The predicted octanol–water partition coefficient (Wildman–Crippen LogP) is 0.868. The molecule has 0 radical (unpaired) electrons. The third kappa shape index (κ3) is 6.35. The minimum absolute atomic E-state index is 0.676. The van der Waals surface area contributed by atoms with E-state index in [2.05, 4.69) is 50.1 Å². The van der Waals surface area contributed by atoms with Crippen LogP contribution in [0.3, 0.4) is 0 Å². The number of nitrogens with zero attached hydrogens (tertiary/aromatic N) is 2. The quantitative estimate of drug-likeness (QED) is 0.628. The van der Waals surface area contributed by atoms with Crippen molar-refractivity contribution < 1.29 is 0 Å². The first-order valence-electron chi connectivity index (χ1n) is 5.67. The van der Waals surface area contributed by atoms with Gasteiger partial charge in [0.25, 0.3) is 0 Å². The SMILES string of the molecule is CCNCC(CC)N(C)CCN(C)C. The van der Waals surface area contributed by atoms with Crippen molar-refractivity contribution in [2.45, 2.75) is 26.3 Å². The van der Waals surface area contributed by atoms with E-state index in [0.29, 0.717) is 6.04 Å². The van der Waals surface area contributed by atoms with Crippen LogP contribution in [0.15, 0.2) is 0 Å². The summed E-state index contributed by atoms with van der Waals surface area (Å²) in [5.41, 5.74) is 0. The van der Waals surface area contributed by atoms with E-state index in [1.165, 1.54) is 6.42 Å². The molecule has 0 heterocycles. The van der Waals surface area contributed by atoms with E-state index >= 15 is 0 Å². The molecule has 0 aliphatic rings. The molecule has 0 aromatic heterocycles. The summed E-state index contributed by atoms with van der Waals surface area (Å²) in [4.78, 5) is 4.68. The van der Waals surface area contributed by atoms with Crippen LogP contribution in [0.1, 0.15) is 20.3 Å². The van der Waals surface area contributed by atoms with Crippen molar-refractivity contribution in [1.29, 1.82) is 0 Å². The highest BCUT2D eigenvalue weighted by Gasteiger charge is 2.11. The number of likely N-dealkylation sites (N-methyl/N-ethyl adjacent to an activating group) is 3. The summed E-state index contributed by atoms with van der Waals surface area (Å²) in [7, 11) is 6.47. The lowest BCUT2D eigenvalue weighted by atomic mass is 10.2. The van der Waals surface area contributed by atoms with E-state index in [1.54, 1.807) is 0 Å².